The van der Waals surface area contributed by atoms with Crippen LogP contribution in [0.15, 0.2) is 52.0 Å². The minimum Gasteiger partial charge on any atom is -0.424 e. The predicted molar refractivity (Wildman–Crippen MR) is 106 cm³/mol. The first-order chi connectivity index (χ1) is 15.0. The van der Waals surface area contributed by atoms with Gasteiger partial charge in [-0.15, -0.1) is 10.2 Å². The van der Waals surface area contributed by atoms with Gasteiger partial charge in [0, 0.05) is 25.3 Å². The first kappa shape index (κ1) is 21.0. The van der Waals surface area contributed by atoms with Crippen molar-refractivity contribution in [3.05, 3.63) is 82.2 Å². The molecule has 0 fully saturated rings. The molecule has 160 valence electrons. The zero-order chi connectivity index (χ0) is 22.0. The van der Waals surface area contributed by atoms with Gasteiger partial charge < -0.3 is 14.5 Å². The molecule has 1 N–H and O–H groups in total. The Morgan fingerprint density at radius 3 is 2.71 bits per heavy atom. The number of amidine groups is 1. The van der Waals surface area contributed by atoms with E-state index in [1.165, 1.54) is 25.3 Å². The quantitative estimate of drug-likeness (QED) is 0.610. The van der Waals surface area contributed by atoms with Crippen molar-refractivity contribution in [1.82, 2.24) is 20.5 Å². The molecule has 0 saturated carbocycles. The van der Waals surface area contributed by atoms with Crippen LogP contribution in [0.1, 0.15) is 29.6 Å². The summed E-state index contributed by atoms with van der Waals surface area (Å²) >= 11 is 5.98. The zero-order valence-electron chi connectivity index (χ0n) is 16.1. The van der Waals surface area contributed by atoms with Gasteiger partial charge in [0.25, 0.3) is 0 Å². The molecule has 11 heteroatoms. The topological polar surface area (TPSA) is 85.4 Å². The van der Waals surface area contributed by atoms with Crippen LogP contribution >= 0.6 is 11.6 Å². The van der Waals surface area contributed by atoms with Crippen LogP contribution in [0.5, 0.6) is 0 Å². The summed E-state index contributed by atoms with van der Waals surface area (Å²) < 4.78 is 52.2. The molecule has 1 atom stereocenters. The van der Waals surface area contributed by atoms with Gasteiger partial charge in [-0.1, -0.05) is 17.7 Å². The Morgan fingerprint density at radius 2 is 2.03 bits per heavy atom. The van der Waals surface area contributed by atoms with Crippen LogP contribution in [-0.4, -0.2) is 34.7 Å². The van der Waals surface area contributed by atoms with Crippen molar-refractivity contribution >= 4 is 23.0 Å². The van der Waals surface area contributed by atoms with Gasteiger partial charge in [0.1, 0.15) is 23.4 Å². The number of ether oxygens (including phenoxy) is 1. The summed E-state index contributed by atoms with van der Waals surface area (Å²) in [7, 11) is 1.53. The van der Waals surface area contributed by atoms with Gasteiger partial charge in [0.05, 0.1) is 23.4 Å². The van der Waals surface area contributed by atoms with E-state index in [-0.39, 0.29) is 22.4 Å². The van der Waals surface area contributed by atoms with Gasteiger partial charge in [-0.25, -0.2) is 18.2 Å². The zero-order valence-corrected chi connectivity index (χ0v) is 16.8. The molecule has 1 aliphatic rings. The van der Waals surface area contributed by atoms with Crippen molar-refractivity contribution in [2.45, 2.75) is 12.5 Å². The minimum atomic E-state index is -0.894. The number of hydrogen-bond donors (Lipinski definition) is 1. The highest BCUT2D eigenvalue weighted by molar-refractivity contribution is 6.30. The number of rotatable bonds is 6. The third-order valence-corrected chi connectivity index (χ3v) is 4.85. The van der Waals surface area contributed by atoms with Crippen LogP contribution in [0.4, 0.5) is 13.2 Å². The molecule has 2 aromatic heterocycles. The normalized spacial score (nSPS) is 16.3. The molecule has 0 radical (unpaired) electrons. The molecule has 0 aliphatic carbocycles. The maximum Gasteiger partial charge on any atom is 0.247 e. The molecule has 3 aromatic rings. The highest BCUT2D eigenvalue weighted by atomic mass is 35.5. The molecule has 4 rings (SSSR count). The summed E-state index contributed by atoms with van der Waals surface area (Å²) in [4.78, 5) is 8.38. The average molecular weight is 450 g/mol. The molecule has 1 unspecified atom stereocenters. The second-order valence-corrected chi connectivity index (χ2v) is 6.95. The highest BCUT2D eigenvalue weighted by Gasteiger charge is 2.32. The monoisotopic (exact) mass is 449 g/mol. The SMILES string of the molecule is COCCC1=C(c2nnco2)C(c2ccc(F)c(Cl)c2)N=C(c2ncc(F)cc2F)N1. The van der Waals surface area contributed by atoms with Crippen molar-refractivity contribution in [3.8, 4) is 0 Å². The standard InChI is InChI=1S/C20H15ClF3N5O2/c1-30-5-4-15-16(20-29-26-9-31-20)17(10-2-3-13(23)12(21)6-10)28-19(27-15)18-14(24)7-11(22)8-25-18/h2-3,6-9,17H,4-5H2,1H3,(H,27,28). The minimum absolute atomic E-state index is 0.0531. The van der Waals surface area contributed by atoms with Crippen LogP contribution in [-0.2, 0) is 4.74 Å². The number of benzene rings is 1. The Bertz CT molecular complexity index is 1170. The molecule has 31 heavy (non-hydrogen) atoms. The molecule has 3 heterocycles. The lowest BCUT2D eigenvalue weighted by molar-refractivity contribution is 0.201. The number of aliphatic imine (C=N–C) groups is 1. The maximum absolute atomic E-state index is 14.5. The lowest BCUT2D eigenvalue weighted by Gasteiger charge is -2.27. The molecule has 0 spiro atoms. The van der Waals surface area contributed by atoms with Crippen LogP contribution in [0.25, 0.3) is 5.57 Å². The number of halogens is 4. The van der Waals surface area contributed by atoms with Gasteiger partial charge >= 0.3 is 0 Å². The van der Waals surface area contributed by atoms with E-state index < -0.39 is 23.5 Å². The van der Waals surface area contributed by atoms with E-state index in [0.29, 0.717) is 35.9 Å². The maximum atomic E-state index is 14.5. The summed E-state index contributed by atoms with van der Waals surface area (Å²) in [6.45, 7) is 0.309. The Morgan fingerprint density at radius 1 is 1.19 bits per heavy atom. The Hall–Kier alpha value is -3.24. The molecule has 0 amide bonds. The summed E-state index contributed by atoms with van der Waals surface area (Å²) in [5, 5.41) is 10.6. The first-order valence-electron chi connectivity index (χ1n) is 9.07. The van der Waals surface area contributed by atoms with Crippen molar-refractivity contribution in [1.29, 1.82) is 0 Å². The largest absolute Gasteiger partial charge is 0.424 e. The van der Waals surface area contributed by atoms with Crippen LogP contribution in [0.2, 0.25) is 5.02 Å². The Balaban J connectivity index is 1.89. The summed E-state index contributed by atoms with van der Waals surface area (Å²) in [6.07, 6.45) is 2.39. The van der Waals surface area contributed by atoms with E-state index in [0.717, 1.165) is 12.6 Å². The fraction of sp³-hybridized carbons (Fsp3) is 0.200. The van der Waals surface area contributed by atoms with Crippen molar-refractivity contribution in [2.75, 3.05) is 13.7 Å². The molecule has 1 aromatic carbocycles. The molecule has 7 nitrogen and oxygen atoms in total. The predicted octanol–water partition coefficient (Wildman–Crippen LogP) is 4.07. The number of hydrogen-bond acceptors (Lipinski definition) is 7. The van der Waals surface area contributed by atoms with E-state index in [1.807, 2.05) is 0 Å². The number of aromatic nitrogens is 3. The lowest BCUT2D eigenvalue weighted by atomic mass is 9.94. The van der Waals surface area contributed by atoms with Gasteiger partial charge in [-0.05, 0) is 17.7 Å². The van der Waals surface area contributed by atoms with Crippen molar-refractivity contribution in [3.63, 3.8) is 0 Å². The Labute approximate surface area is 179 Å². The highest BCUT2D eigenvalue weighted by Crippen LogP contribution is 2.39. The van der Waals surface area contributed by atoms with Crippen LogP contribution in [0.3, 0.4) is 0 Å². The molecule has 1 aliphatic heterocycles. The van der Waals surface area contributed by atoms with Crippen LogP contribution < -0.4 is 5.32 Å². The summed E-state index contributed by atoms with van der Waals surface area (Å²) in [5.74, 6) is -2.09. The second-order valence-electron chi connectivity index (χ2n) is 6.54. The average Bonchev–Trinajstić information content (AvgIpc) is 3.28. The van der Waals surface area contributed by atoms with Crippen molar-refractivity contribution in [2.24, 2.45) is 4.99 Å². The van der Waals surface area contributed by atoms with E-state index >= 15 is 0 Å². The van der Waals surface area contributed by atoms with E-state index in [9.17, 15) is 13.2 Å². The number of nitrogens with zero attached hydrogens (tertiary/aromatic N) is 4. The van der Waals surface area contributed by atoms with Crippen molar-refractivity contribution < 1.29 is 22.3 Å². The van der Waals surface area contributed by atoms with E-state index in [2.05, 4.69) is 25.5 Å². The van der Waals surface area contributed by atoms with Gasteiger partial charge in [0.15, 0.2) is 11.7 Å². The second kappa shape index (κ2) is 8.86. The number of pyridine rings is 1. The first-order valence-corrected chi connectivity index (χ1v) is 9.45. The Kier molecular flexibility index (Phi) is 6.01. The third kappa shape index (κ3) is 4.30. The number of methoxy groups -OCH3 is 1. The van der Waals surface area contributed by atoms with Gasteiger partial charge in [0.2, 0.25) is 12.3 Å². The lowest BCUT2D eigenvalue weighted by Crippen LogP contribution is -2.32. The van der Waals surface area contributed by atoms with Gasteiger partial charge in [-0.2, -0.15) is 0 Å². The molecular weight excluding hydrogens is 435 g/mol. The molecular formula is C20H15ClF3N5O2. The number of nitrogens with one attached hydrogen (secondary N) is 1. The smallest absolute Gasteiger partial charge is 0.247 e. The summed E-state index contributed by atoms with van der Waals surface area (Å²) in [5.41, 5.74) is 1.35. The fourth-order valence-corrected chi connectivity index (χ4v) is 3.36. The fourth-order valence-electron chi connectivity index (χ4n) is 3.17. The van der Waals surface area contributed by atoms with E-state index in [1.54, 1.807) is 0 Å². The van der Waals surface area contributed by atoms with Crippen LogP contribution in [0, 0.1) is 17.5 Å². The molecule has 0 bridgehead atoms. The molecule has 0 saturated heterocycles. The van der Waals surface area contributed by atoms with E-state index in [4.69, 9.17) is 20.8 Å². The third-order valence-electron chi connectivity index (χ3n) is 4.56. The van der Waals surface area contributed by atoms with Gasteiger partial charge in [-0.3, -0.25) is 4.99 Å². The summed E-state index contributed by atoms with van der Waals surface area (Å²) in [6, 6.07) is 4.01.